The number of ether oxygens (including phenoxy) is 1. The molecule has 1 rings (SSSR count). The van der Waals surface area contributed by atoms with Crippen molar-refractivity contribution in [2.24, 2.45) is 0 Å². The van der Waals surface area contributed by atoms with E-state index in [2.05, 4.69) is 4.74 Å². The van der Waals surface area contributed by atoms with Gasteiger partial charge >= 0.3 is 23.9 Å². The second-order valence-corrected chi connectivity index (χ2v) is 5.65. The number of rotatable bonds is 6. The van der Waals surface area contributed by atoms with E-state index >= 15 is 0 Å². The molecule has 3 N–H and O–H groups in total. The minimum absolute atomic E-state index is 0.0955. The monoisotopic (exact) mass is 356 g/mol. The predicted octanol–water partition coefficient (Wildman–Crippen LogP) is 1.11. The van der Waals surface area contributed by atoms with Gasteiger partial charge in [-0.15, -0.1) is 0 Å². The van der Waals surface area contributed by atoms with E-state index in [9.17, 15) is 28.7 Å². The molecule has 0 amide bonds. The highest BCUT2D eigenvalue weighted by atomic mass is 19.1. The summed E-state index contributed by atoms with van der Waals surface area (Å²) >= 11 is 0. The SMILES string of the molecule is Cc1cc(C(=O)OC(=O)CC(O)(CC(=O)O)C(=O)O)c(C)c(C)c1F. The summed E-state index contributed by atoms with van der Waals surface area (Å²) in [6, 6.07) is 1.17. The van der Waals surface area contributed by atoms with Crippen LogP contribution in [0.1, 0.15) is 39.9 Å². The molecule has 0 aliphatic rings. The van der Waals surface area contributed by atoms with Crippen molar-refractivity contribution >= 4 is 23.9 Å². The normalized spacial score (nSPS) is 13.0. The van der Waals surface area contributed by atoms with Gasteiger partial charge in [0.25, 0.3) is 0 Å². The number of carboxylic acids is 2. The van der Waals surface area contributed by atoms with Crippen LogP contribution in [0, 0.1) is 26.6 Å². The summed E-state index contributed by atoms with van der Waals surface area (Å²) in [4.78, 5) is 45.4. The number of aliphatic hydroxyl groups is 1. The zero-order valence-corrected chi connectivity index (χ0v) is 13.8. The van der Waals surface area contributed by atoms with Crippen molar-refractivity contribution in [1.29, 1.82) is 0 Å². The molecule has 1 aromatic carbocycles. The number of aryl methyl sites for hydroxylation is 1. The van der Waals surface area contributed by atoms with Gasteiger partial charge in [-0.1, -0.05) is 0 Å². The standard InChI is InChI=1S/C16H17FO8/c1-7-4-10(8(2)9(3)13(7)17)14(21)25-12(20)6-16(24,15(22)23)5-11(18)19/h4,24H,5-6H2,1-3H3,(H,18,19)(H,22,23). The Kier molecular flexibility index (Phi) is 5.98. The lowest BCUT2D eigenvalue weighted by molar-refractivity contribution is -0.170. The number of halogens is 1. The van der Waals surface area contributed by atoms with Crippen LogP contribution in [0.4, 0.5) is 4.39 Å². The molecule has 0 heterocycles. The van der Waals surface area contributed by atoms with Crippen molar-refractivity contribution in [3.63, 3.8) is 0 Å². The lowest BCUT2D eigenvalue weighted by Crippen LogP contribution is -2.43. The number of hydrogen-bond acceptors (Lipinski definition) is 6. The van der Waals surface area contributed by atoms with Crippen molar-refractivity contribution in [2.45, 2.75) is 39.2 Å². The van der Waals surface area contributed by atoms with Crippen LogP contribution in [0.15, 0.2) is 6.07 Å². The Balaban J connectivity index is 2.99. The highest BCUT2D eigenvalue weighted by molar-refractivity contribution is 5.99. The van der Waals surface area contributed by atoms with Gasteiger partial charge in [-0.3, -0.25) is 9.59 Å². The van der Waals surface area contributed by atoms with Crippen LogP contribution in [0.3, 0.4) is 0 Å². The number of carboxylic acid groups (broad SMARTS) is 2. The summed E-state index contributed by atoms with van der Waals surface area (Å²) in [6.45, 7) is 4.29. The molecule has 0 bridgehead atoms. The first-order chi connectivity index (χ1) is 11.4. The molecule has 0 aromatic heterocycles. The molecule has 8 nitrogen and oxygen atoms in total. The van der Waals surface area contributed by atoms with Gasteiger partial charge in [0.05, 0.1) is 18.4 Å². The lowest BCUT2D eigenvalue weighted by Gasteiger charge is -2.20. The zero-order valence-electron chi connectivity index (χ0n) is 13.8. The summed E-state index contributed by atoms with van der Waals surface area (Å²) in [5.41, 5.74) is -2.43. The van der Waals surface area contributed by atoms with Gasteiger partial charge in [-0.2, -0.15) is 0 Å². The summed E-state index contributed by atoms with van der Waals surface area (Å²) in [5, 5.41) is 27.2. The van der Waals surface area contributed by atoms with Gasteiger partial charge in [0.15, 0.2) is 5.60 Å². The quantitative estimate of drug-likeness (QED) is 0.509. The Morgan fingerprint density at radius 1 is 1.08 bits per heavy atom. The van der Waals surface area contributed by atoms with Crippen LogP contribution in [-0.2, 0) is 19.1 Å². The fraction of sp³-hybridized carbons (Fsp3) is 0.375. The van der Waals surface area contributed by atoms with E-state index in [0.717, 1.165) is 0 Å². The molecule has 0 aliphatic heterocycles. The summed E-state index contributed by atoms with van der Waals surface area (Å²) in [7, 11) is 0. The van der Waals surface area contributed by atoms with Crippen molar-refractivity contribution < 1.29 is 43.6 Å². The minimum Gasteiger partial charge on any atom is -0.481 e. The maximum Gasteiger partial charge on any atom is 0.346 e. The fourth-order valence-electron chi connectivity index (χ4n) is 2.16. The van der Waals surface area contributed by atoms with Gasteiger partial charge in [0, 0.05) is 0 Å². The molecule has 0 aliphatic carbocycles. The number of aliphatic carboxylic acids is 2. The summed E-state index contributed by atoms with van der Waals surface area (Å²) in [6.07, 6.45) is -2.49. The van der Waals surface area contributed by atoms with E-state index in [1.165, 1.54) is 26.8 Å². The number of benzene rings is 1. The van der Waals surface area contributed by atoms with E-state index in [4.69, 9.17) is 10.2 Å². The van der Waals surface area contributed by atoms with Crippen LogP contribution < -0.4 is 0 Å². The molecule has 1 aromatic rings. The molecular formula is C16H17FO8. The Labute approximate surface area is 141 Å². The molecule has 0 saturated carbocycles. The molecule has 25 heavy (non-hydrogen) atoms. The lowest BCUT2D eigenvalue weighted by atomic mass is 9.96. The van der Waals surface area contributed by atoms with Crippen molar-refractivity contribution in [2.75, 3.05) is 0 Å². The number of carbonyl (C=O) groups excluding carboxylic acids is 2. The Hall–Kier alpha value is -2.81. The van der Waals surface area contributed by atoms with Crippen LogP contribution in [0.5, 0.6) is 0 Å². The smallest absolute Gasteiger partial charge is 0.346 e. The Bertz CT molecular complexity index is 755. The minimum atomic E-state index is -2.91. The van der Waals surface area contributed by atoms with Crippen LogP contribution in [0.2, 0.25) is 0 Å². The molecule has 136 valence electrons. The number of hydrogen-bond donors (Lipinski definition) is 3. The van der Waals surface area contributed by atoms with E-state index in [1.54, 1.807) is 0 Å². The second kappa shape index (κ2) is 7.39. The Morgan fingerprint density at radius 3 is 2.12 bits per heavy atom. The van der Waals surface area contributed by atoms with Gasteiger partial charge < -0.3 is 20.1 Å². The van der Waals surface area contributed by atoms with Crippen LogP contribution in [0.25, 0.3) is 0 Å². The molecule has 0 spiro atoms. The Morgan fingerprint density at radius 2 is 1.64 bits per heavy atom. The van der Waals surface area contributed by atoms with E-state index < -0.39 is 48.1 Å². The third-order valence-corrected chi connectivity index (χ3v) is 3.71. The predicted molar refractivity (Wildman–Crippen MR) is 80.5 cm³/mol. The number of esters is 2. The van der Waals surface area contributed by atoms with Crippen LogP contribution in [-0.4, -0.2) is 44.8 Å². The van der Waals surface area contributed by atoms with E-state index in [-0.39, 0.29) is 22.3 Å². The second-order valence-electron chi connectivity index (χ2n) is 5.65. The van der Waals surface area contributed by atoms with Crippen LogP contribution >= 0.6 is 0 Å². The number of carbonyl (C=O) groups is 4. The molecule has 1 unspecified atom stereocenters. The fourth-order valence-corrected chi connectivity index (χ4v) is 2.16. The summed E-state index contributed by atoms with van der Waals surface area (Å²) < 4.78 is 18.2. The third kappa shape index (κ3) is 4.60. The molecule has 0 fully saturated rings. The topological polar surface area (TPSA) is 138 Å². The van der Waals surface area contributed by atoms with Gasteiger partial charge in [-0.05, 0) is 43.5 Å². The van der Waals surface area contributed by atoms with Gasteiger partial charge in [0.2, 0.25) is 0 Å². The molecule has 0 saturated heterocycles. The molecular weight excluding hydrogens is 339 g/mol. The highest BCUT2D eigenvalue weighted by Crippen LogP contribution is 2.22. The van der Waals surface area contributed by atoms with Crippen molar-refractivity contribution in [1.82, 2.24) is 0 Å². The van der Waals surface area contributed by atoms with Crippen molar-refractivity contribution in [3.8, 4) is 0 Å². The van der Waals surface area contributed by atoms with Gasteiger partial charge in [-0.25, -0.2) is 14.0 Å². The maximum atomic E-state index is 13.8. The first kappa shape index (κ1) is 20.2. The third-order valence-electron chi connectivity index (χ3n) is 3.71. The molecule has 0 radical (unpaired) electrons. The largest absolute Gasteiger partial charge is 0.481 e. The maximum absolute atomic E-state index is 13.8. The first-order valence-electron chi connectivity index (χ1n) is 7.08. The van der Waals surface area contributed by atoms with E-state index in [0.29, 0.717) is 0 Å². The van der Waals surface area contributed by atoms with Gasteiger partial charge in [0.1, 0.15) is 5.82 Å². The summed E-state index contributed by atoms with van der Waals surface area (Å²) in [5.74, 6) is -6.68. The first-order valence-corrected chi connectivity index (χ1v) is 7.08. The molecule has 1 atom stereocenters. The van der Waals surface area contributed by atoms with E-state index in [1.807, 2.05) is 0 Å². The molecule has 9 heteroatoms. The van der Waals surface area contributed by atoms with Crippen molar-refractivity contribution in [3.05, 3.63) is 34.1 Å². The average Bonchev–Trinajstić information content (AvgIpc) is 2.47. The highest BCUT2D eigenvalue weighted by Gasteiger charge is 2.42. The average molecular weight is 356 g/mol. The zero-order chi connectivity index (χ0) is 19.5.